The van der Waals surface area contributed by atoms with Gasteiger partial charge < -0.3 is 10.1 Å². The maximum atomic E-state index is 5.71. The quantitative estimate of drug-likeness (QED) is 0.790. The highest BCUT2D eigenvalue weighted by molar-refractivity contribution is 5.03. The molecule has 1 aromatic heterocycles. The van der Waals surface area contributed by atoms with Crippen LogP contribution < -0.4 is 5.32 Å². The molecule has 0 aromatic carbocycles. The first kappa shape index (κ1) is 13.6. The predicted molar refractivity (Wildman–Crippen MR) is 72.5 cm³/mol. The summed E-state index contributed by atoms with van der Waals surface area (Å²) in [5, 5.41) is 7.80. The topological polar surface area (TPSA) is 39.1 Å². The minimum Gasteiger partial charge on any atom is -0.378 e. The van der Waals surface area contributed by atoms with Gasteiger partial charge in [-0.05, 0) is 46.1 Å². The maximum absolute atomic E-state index is 5.71. The van der Waals surface area contributed by atoms with Crippen LogP contribution in [0.1, 0.15) is 51.1 Å². The molecule has 2 rings (SSSR count). The Labute approximate surface area is 110 Å². The highest BCUT2D eigenvalue weighted by Crippen LogP contribution is 2.14. The summed E-state index contributed by atoms with van der Waals surface area (Å²) in [6.07, 6.45) is 9.46. The van der Waals surface area contributed by atoms with Crippen LogP contribution >= 0.6 is 0 Å². The molecule has 1 aliphatic heterocycles. The van der Waals surface area contributed by atoms with E-state index in [1.165, 1.54) is 24.8 Å². The largest absolute Gasteiger partial charge is 0.378 e. The number of hydrogen-bond acceptors (Lipinski definition) is 3. The zero-order chi connectivity index (χ0) is 12.8. The van der Waals surface area contributed by atoms with Crippen molar-refractivity contribution in [1.29, 1.82) is 0 Å². The number of nitrogens with one attached hydrogen (secondary N) is 1. The highest BCUT2D eigenvalue weighted by atomic mass is 16.5. The Morgan fingerprint density at radius 3 is 3.06 bits per heavy atom. The third kappa shape index (κ3) is 4.10. The normalized spacial score (nSPS) is 20.5. The fourth-order valence-electron chi connectivity index (χ4n) is 2.28. The second kappa shape index (κ2) is 6.90. The first-order chi connectivity index (χ1) is 8.75. The van der Waals surface area contributed by atoms with Crippen molar-refractivity contribution in [2.45, 2.75) is 58.2 Å². The summed E-state index contributed by atoms with van der Waals surface area (Å²) < 4.78 is 7.71. The molecular weight excluding hydrogens is 226 g/mol. The van der Waals surface area contributed by atoms with Gasteiger partial charge in [-0.25, -0.2) is 0 Å². The van der Waals surface area contributed by atoms with Crippen LogP contribution in [0.5, 0.6) is 0 Å². The smallest absolute Gasteiger partial charge is 0.0587 e. The molecule has 18 heavy (non-hydrogen) atoms. The van der Waals surface area contributed by atoms with Crippen LogP contribution in [0.25, 0.3) is 0 Å². The SMILES string of the molecule is CC(C)n1cc(CNCCC2CCCCO2)cn1. The van der Waals surface area contributed by atoms with Crippen LogP contribution in [-0.4, -0.2) is 29.0 Å². The van der Waals surface area contributed by atoms with Crippen LogP contribution in [-0.2, 0) is 11.3 Å². The molecule has 0 amide bonds. The third-order valence-corrected chi connectivity index (χ3v) is 3.43. The molecule has 0 spiro atoms. The second-order valence-corrected chi connectivity index (χ2v) is 5.38. The van der Waals surface area contributed by atoms with Crippen molar-refractivity contribution in [3.63, 3.8) is 0 Å². The molecule has 1 atom stereocenters. The van der Waals surface area contributed by atoms with Gasteiger partial charge in [0.15, 0.2) is 0 Å². The molecule has 2 heterocycles. The lowest BCUT2D eigenvalue weighted by Gasteiger charge is -2.22. The number of hydrogen-bond donors (Lipinski definition) is 1. The Kier molecular flexibility index (Phi) is 5.20. The molecule has 0 aliphatic carbocycles. The van der Waals surface area contributed by atoms with E-state index in [2.05, 4.69) is 30.5 Å². The van der Waals surface area contributed by atoms with Gasteiger partial charge in [-0.2, -0.15) is 5.10 Å². The van der Waals surface area contributed by atoms with Gasteiger partial charge >= 0.3 is 0 Å². The Morgan fingerprint density at radius 2 is 2.39 bits per heavy atom. The molecule has 0 saturated carbocycles. The van der Waals surface area contributed by atoms with Gasteiger partial charge in [0.2, 0.25) is 0 Å². The number of ether oxygens (including phenoxy) is 1. The minimum absolute atomic E-state index is 0.439. The molecule has 0 bridgehead atoms. The van der Waals surface area contributed by atoms with E-state index in [-0.39, 0.29) is 0 Å². The summed E-state index contributed by atoms with van der Waals surface area (Å²) >= 11 is 0. The van der Waals surface area contributed by atoms with Gasteiger partial charge in [-0.3, -0.25) is 4.68 Å². The monoisotopic (exact) mass is 251 g/mol. The van der Waals surface area contributed by atoms with Crippen LogP contribution in [0.3, 0.4) is 0 Å². The molecule has 102 valence electrons. The van der Waals surface area contributed by atoms with E-state index in [1.54, 1.807) is 0 Å². The fourth-order valence-corrected chi connectivity index (χ4v) is 2.28. The molecule has 1 saturated heterocycles. The van der Waals surface area contributed by atoms with E-state index in [1.807, 2.05) is 10.9 Å². The molecule has 1 aliphatic rings. The van der Waals surface area contributed by atoms with E-state index in [0.29, 0.717) is 12.1 Å². The Hall–Kier alpha value is -0.870. The van der Waals surface area contributed by atoms with E-state index >= 15 is 0 Å². The Morgan fingerprint density at radius 1 is 1.50 bits per heavy atom. The third-order valence-electron chi connectivity index (χ3n) is 3.43. The summed E-state index contributed by atoms with van der Waals surface area (Å²) in [5.74, 6) is 0. The van der Waals surface area contributed by atoms with E-state index in [0.717, 1.165) is 26.1 Å². The molecule has 1 unspecified atom stereocenters. The predicted octanol–water partition coefficient (Wildman–Crippen LogP) is 2.51. The molecule has 1 N–H and O–H groups in total. The van der Waals surface area contributed by atoms with Gasteiger partial charge in [0.1, 0.15) is 0 Å². The van der Waals surface area contributed by atoms with Crippen molar-refractivity contribution in [2.75, 3.05) is 13.2 Å². The Bertz CT molecular complexity index is 343. The molecule has 0 radical (unpaired) electrons. The molecule has 1 fully saturated rings. The average molecular weight is 251 g/mol. The van der Waals surface area contributed by atoms with E-state index < -0.39 is 0 Å². The standard InChI is InChI=1S/C14H25N3O/c1-12(2)17-11-13(10-16-17)9-15-7-6-14-5-3-4-8-18-14/h10-12,14-15H,3-9H2,1-2H3. The molecule has 4 nitrogen and oxygen atoms in total. The summed E-state index contributed by atoms with van der Waals surface area (Å²) in [7, 11) is 0. The lowest BCUT2D eigenvalue weighted by molar-refractivity contribution is 0.0115. The van der Waals surface area contributed by atoms with E-state index in [9.17, 15) is 0 Å². The number of rotatable bonds is 6. The Balaban J connectivity index is 1.62. The van der Waals surface area contributed by atoms with Crippen molar-refractivity contribution < 1.29 is 4.74 Å². The molecular formula is C14H25N3O. The summed E-state index contributed by atoms with van der Waals surface area (Å²) in [6, 6.07) is 0.439. The van der Waals surface area contributed by atoms with E-state index in [4.69, 9.17) is 4.74 Å². The molecule has 4 heteroatoms. The maximum Gasteiger partial charge on any atom is 0.0587 e. The first-order valence-corrected chi connectivity index (χ1v) is 7.11. The van der Waals surface area contributed by atoms with Crippen LogP contribution in [0.15, 0.2) is 12.4 Å². The zero-order valence-electron chi connectivity index (χ0n) is 11.6. The summed E-state index contributed by atoms with van der Waals surface area (Å²) in [6.45, 7) is 7.16. The molecule has 1 aromatic rings. The van der Waals surface area contributed by atoms with Gasteiger partial charge in [0, 0.05) is 31.0 Å². The zero-order valence-corrected chi connectivity index (χ0v) is 11.6. The second-order valence-electron chi connectivity index (χ2n) is 5.38. The van der Waals surface area contributed by atoms with Crippen molar-refractivity contribution in [3.8, 4) is 0 Å². The van der Waals surface area contributed by atoms with Crippen LogP contribution in [0, 0.1) is 0 Å². The number of aromatic nitrogens is 2. The van der Waals surface area contributed by atoms with Gasteiger partial charge in [-0.1, -0.05) is 0 Å². The van der Waals surface area contributed by atoms with Crippen LogP contribution in [0.2, 0.25) is 0 Å². The summed E-state index contributed by atoms with van der Waals surface area (Å²) in [5.41, 5.74) is 1.26. The van der Waals surface area contributed by atoms with Gasteiger partial charge in [-0.15, -0.1) is 0 Å². The first-order valence-electron chi connectivity index (χ1n) is 7.11. The lowest BCUT2D eigenvalue weighted by Crippen LogP contribution is -2.25. The lowest BCUT2D eigenvalue weighted by atomic mass is 10.1. The number of nitrogens with zero attached hydrogens (tertiary/aromatic N) is 2. The fraction of sp³-hybridized carbons (Fsp3) is 0.786. The van der Waals surface area contributed by atoms with Crippen LogP contribution in [0.4, 0.5) is 0 Å². The van der Waals surface area contributed by atoms with Gasteiger partial charge in [0.05, 0.1) is 12.3 Å². The minimum atomic E-state index is 0.439. The summed E-state index contributed by atoms with van der Waals surface area (Å²) in [4.78, 5) is 0. The van der Waals surface area contributed by atoms with Crippen molar-refractivity contribution >= 4 is 0 Å². The van der Waals surface area contributed by atoms with Crippen molar-refractivity contribution in [3.05, 3.63) is 18.0 Å². The van der Waals surface area contributed by atoms with Crippen molar-refractivity contribution in [2.24, 2.45) is 0 Å². The highest BCUT2D eigenvalue weighted by Gasteiger charge is 2.12. The van der Waals surface area contributed by atoms with Gasteiger partial charge in [0.25, 0.3) is 0 Å². The van der Waals surface area contributed by atoms with Crippen molar-refractivity contribution in [1.82, 2.24) is 15.1 Å². The average Bonchev–Trinajstić information content (AvgIpc) is 2.85.